The van der Waals surface area contributed by atoms with Crippen LogP contribution >= 0.6 is 23.1 Å². The number of nitrogens with zero attached hydrogens (tertiary/aromatic N) is 2. The Bertz CT molecular complexity index is 803. The van der Waals surface area contributed by atoms with E-state index in [0.29, 0.717) is 10.9 Å². The minimum Gasteiger partial charge on any atom is -0.465 e. The Kier molecular flexibility index (Phi) is 6.13. The standard InChI is InChI=1S/C18H22N2O4S2/c1-4-23-17(21)14(18(22)24-5-2)26-16-13-11-7-6-10(3)8-12(11)25-15(13)19-9-20-16/h9-10,14H,4-8H2,1-3H3. The number of rotatable bonds is 6. The molecule has 1 unspecified atom stereocenters. The van der Waals surface area contributed by atoms with Crippen LogP contribution in [0, 0.1) is 5.92 Å². The second kappa shape index (κ2) is 8.35. The lowest BCUT2D eigenvalue weighted by Crippen LogP contribution is -2.31. The number of carbonyl (C=O) groups is 2. The maximum absolute atomic E-state index is 12.3. The fourth-order valence-electron chi connectivity index (χ4n) is 3.08. The number of thiophene rings is 1. The van der Waals surface area contributed by atoms with E-state index in [4.69, 9.17) is 9.47 Å². The Morgan fingerprint density at radius 3 is 2.62 bits per heavy atom. The van der Waals surface area contributed by atoms with Crippen LogP contribution in [-0.4, -0.2) is 40.4 Å². The number of fused-ring (bicyclic) bond motifs is 3. The second-order valence-corrected chi connectivity index (χ2v) is 8.39. The molecule has 0 amide bonds. The van der Waals surface area contributed by atoms with Gasteiger partial charge < -0.3 is 9.47 Å². The Hall–Kier alpha value is -1.67. The Morgan fingerprint density at radius 2 is 1.96 bits per heavy atom. The van der Waals surface area contributed by atoms with E-state index in [2.05, 4.69) is 16.9 Å². The van der Waals surface area contributed by atoms with Gasteiger partial charge in [0.2, 0.25) is 5.25 Å². The zero-order valence-electron chi connectivity index (χ0n) is 15.1. The molecule has 0 saturated heterocycles. The fourth-order valence-corrected chi connectivity index (χ4v) is 5.49. The summed E-state index contributed by atoms with van der Waals surface area (Å²) < 4.78 is 10.1. The lowest BCUT2D eigenvalue weighted by molar-refractivity contribution is -0.152. The number of hydrogen-bond donors (Lipinski definition) is 0. The van der Waals surface area contributed by atoms with Crippen molar-refractivity contribution in [2.75, 3.05) is 13.2 Å². The van der Waals surface area contributed by atoms with Gasteiger partial charge in [0.1, 0.15) is 16.2 Å². The average Bonchev–Trinajstić information content (AvgIpc) is 2.97. The molecule has 0 fully saturated rings. The van der Waals surface area contributed by atoms with Crippen molar-refractivity contribution < 1.29 is 19.1 Å². The normalized spacial score (nSPS) is 16.5. The first kappa shape index (κ1) is 19.1. The van der Waals surface area contributed by atoms with Crippen molar-refractivity contribution in [3.8, 4) is 0 Å². The minimum absolute atomic E-state index is 0.209. The number of aryl methyl sites for hydroxylation is 1. The molecule has 1 atom stereocenters. The Balaban J connectivity index is 1.98. The highest BCUT2D eigenvalue weighted by molar-refractivity contribution is 8.01. The molecule has 2 aromatic heterocycles. The summed E-state index contributed by atoms with van der Waals surface area (Å²) in [5.74, 6) is -0.535. The molecule has 0 spiro atoms. The molecule has 26 heavy (non-hydrogen) atoms. The molecule has 2 aromatic rings. The van der Waals surface area contributed by atoms with Gasteiger partial charge in [0.05, 0.1) is 13.2 Å². The molecule has 0 aliphatic heterocycles. The average molecular weight is 395 g/mol. The molecule has 3 rings (SSSR count). The van der Waals surface area contributed by atoms with Crippen molar-refractivity contribution in [2.24, 2.45) is 5.92 Å². The summed E-state index contributed by atoms with van der Waals surface area (Å²) in [5.41, 5.74) is 1.26. The molecule has 0 saturated carbocycles. The summed E-state index contributed by atoms with van der Waals surface area (Å²) in [5, 5.41) is 0.544. The monoisotopic (exact) mass is 394 g/mol. The third-order valence-electron chi connectivity index (χ3n) is 4.29. The maximum Gasteiger partial charge on any atom is 0.331 e. The zero-order chi connectivity index (χ0) is 18.7. The number of ether oxygens (including phenoxy) is 2. The van der Waals surface area contributed by atoms with Crippen LogP contribution in [0.4, 0.5) is 0 Å². The van der Waals surface area contributed by atoms with E-state index in [9.17, 15) is 9.59 Å². The second-order valence-electron chi connectivity index (χ2n) is 6.21. The van der Waals surface area contributed by atoms with Crippen molar-refractivity contribution >= 4 is 45.3 Å². The van der Waals surface area contributed by atoms with Gasteiger partial charge in [-0.2, -0.15) is 0 Å². The van der Waals surface area contributed by atoms with E-state index in [1.165, 1.54) is 16.8 Å². The number of thioether (sulfide) groups is 1. The van der Waals surface area contributed by atoms with Crippen LogP contribution in [0.25, 0.3) is 10.2 Å². The van der Waals surface area contributed by atoms with E-state index < -0.39 is 17.2 Å². The lowest BCUT2D eigenvalue weighted by Gasteiger charge is -2.18. The smallest absolute Gasteiger partial charge is 0.331 e. The molecule has 8 heteroatoms. The predicted molar refractivity (Wildman–Crippen MR) is 102 cm³/mol. The highest BCUT2D eigenvalue weighted by Crippen LogP contribution is 2.41. The fraction of sp³-hybridized carbons (Fsp3) is 0.556. The molecule has 6 nitrogen and oxygen atoms in total. The van der Waals surface area contributed by atoms with Crippen LogP contribution in [0.15, 0.2) is 11.4 Å². The third-order valence-corrected chi connectivity index (χ3v) is 6.60. The number of esters is 2. The van der Waals surface area contributed by atoms with E-state index in [-0.39, 0.29) is 13.2 Å². The van der Waals surface area contributed by atoms with Crippen molar-refractivity contribution in [3.63, 3.8) is 0 Å². The van der Waals surface area contributed by atoms with Crippen LogP contribution in [0.1, 0.15) is 37.6 Å². The Labute approximate surface area is 160 Å². The topological polar surface area (TPSA) is 78.4 Å². The molecule has 2 heterocycles. The van der Waals surface area contributed by atoms with Gasteiger partial charge in [0.25, 0.3) is 0 Å². The van der Waals surface area contributed by atoms with Gasteiger partial charge >= 0.3 is 11.9 Å². The van der Waals surface area contributed by atoms with E-state index in [1.54, 1.807) is 25.2 Å². The third kappa shape index (κ3) is 3.86. The van der Waals surface area contributed by atoms with E-state index in [0.717, 1.165) is 41.2 Å². The number of carbonyl (C=O) groups excluding carboxylic acids is 2. The van der Waals surface area contributed by atoms with Crippen LogP contribution in [0.3, 0.4) is 0 Å². The summed E-state index contributed by atoms with van der Waals surface area (Å²) in [7, 11) is 0. The van der Waals surface area contributed by atoms with E-state index >= 15 is 0 Å². The molecular weight excluding hydrogens is 372 g/mol. The van der Waals surface area contributed by atoms with Gasteiger partial charge in [-0.05, 0) is 44.6 Å². The summed E-state index contributed by atoms with van der Waals surface area (Å²) in [6.45, 7) is 6.10. The van der Waals surface area contributed by atoms with Crippen molar-refractivity contribution in [1.29, 1.82) is 0 Å². The summed E-state index contributed by atoms with van der Waals surface area (Å²) >= 11 is 2.78. The Morgan fingerprint density at radius 1 is 1.27 bits per heavy atom. The molecule has 1 aliphatic rings. The van der Waals surface area contributed by atoms with Crippen LogP contribution in [0.5, 0.6) is 0 Å². The summed E-state index contributed by atoms with van der Waals surface area (Å²) in [4.78, 5) is 35.6. The molecule has 1 aliphatic carbocycles. The zero-order valence-corrected chi connectivity index (χ0v) is 16.7. The highest BCUT2D eigenvalue weighted by Gasteiger charge is 2.33. The molecule has 0 bridgehead atoms. The predicted octanol–water partition coefficient (Wildman–Crippen LogP) is 3.40. The summed E-state index contributed by atoms with van der Waals surface area (Å²) in [6, 6.07) is 0. The molecule has 140 valence electrons. The van der Waals surface area contributed by atoms with Gasteiger partial charge in [-0.1, -0.05) is 18.7 Å². The maximum atomic E-state index is 12.3. The first-order valence-corrected chi connectivity index (χ1v) is 10.5. The quantitative estimate of drug-likeness (QED) is 0.321. The first-order chi connectivity index (χ1) is 12.5. The van der Waals surface area contributed by atoms with Gasteiger partial charge in [-0.3, -0.25) is 9.59 Å². The molecule has 0 aromatic carbocycles. The van der Waals surface area contributed by atoms with Crippen molar-refractivity contribution in [2.45, 2.75) is 50.3 Å². The van der Waals surface area contributed by atoms with Crippen LogP contribution < -0.4 is 0 Å². The van der Waals surface area contributed by atoms with Gasteiger partial charge in [0, 0.05) is 10.3 Å². The summed E-state index contributed by atoms with van der Waals surface area (Å²) in [6.07, 6.45) is 4.63. The SMILES string of the molecule is CCOC(=O)C(Sc1ncnc2sc3c(c12)CCC(C)C3)C(=O)OCC. The molecule has 0 N–H and O–H groups in total. The van der Waals surface area contributed by atoms with Crippen molar-refractivity contribution in [3.05, 3.63) is 16.8 Å². The van der Waals surface area contributed by atoms with Crippen LogP contribution in [0.2, 0.25) is 0 Å². The largest absolute Gasteiger partial charge is 0.465 e. The van der Waals surface area contributed by atoms with Crippen LogP contribution in [-0.2, 0) is 31.9 Å². The molecular formula is C18H22N2O4S2. The lowest BCUT2D eigenvalue weighted by atomic mass is 9.89. The molecule has 0 radical (unpaired) electrons. The van der Waals surface area contributed by atoms with Gasteiger partial charge in [-0.25, -0.2) is 9.97 Å². The van der Waals surface area contributed by atoms with Crippen molar-refractivity contribution in [1.82, 2.24) is 9.97 Å². The highest BCUT2D eigenvalue weighted by atomic mass is 32.2. The van der Waals surface area contributed by atoms with E-state index in [1.807, 2.05) is 0 Å². The first-order valence-electron chi connectivity index (χ1n) is 8.80. The minimum atomic E-state index is -1.08. The number of aromatic nitrogens is 2. The number of hydrogen-bond acceptors (Lipinski definition) is 8. The van der Waals surface area contributed by atoms with Gasteiger partial charge in [-0.15, -0.1) is 11.3 Å². The van der Waals surface area contributed by atoms with Gasteiger partial charge in [0.15, 0.2) is 0 Å².